The molecule has 0 aromatic heterocycles. The van der Waals surface area contributed by atoms with Crippen molar-refractivity contribution in [3.8, 4) is 0 Å². The Bertz CT molecular complexity index is 1620. The fourth-order valence-electron chi connectivity index (χ4n) is 13.2. The molecule has 304 valence electrons. The van der Waals surface area contributed by atoms with E-state index < -0.39 is 23.8 Å². The first-order valence-corrected chi connectivity index (χ1v) is 20.4. The lowest BCUT2D eigenvalue weighted by Crippen LogP contribution is -2.56. The summed E-state index contributed by atoms with van der Waals surface area (Å²) in [6, 6.07) is 0. The number of hydrogen-bond donors (Lipinski definition) is 0. The third kappa shape index (κ3) is 6.79. The van der Waals surface area contributed by atoms with Crippen LogP contribution in [0.5, 0.6) is 0 Å². The number of allylic oxidation sites excluding steroid dienone is 2. The molecule has 8 heteroatoms. The van der Waals surface area contributed by atoms with E-state index in [1.807, 2.05) is 26.0 Å². The van der Waals surface area contributed by atoms with Gasteiger partial charge in [-0.1, -0.05) is 75.0 Å². The summed E-state index contributed by atoms with van der Waals surface area (Å²) in [4.78, 5) is 25.6. The highest BCUT2D eigenvalue weighted by molar-refractivity contribution is 5.92. The van der Waals surface area contributed by atoms with Crippen molar-refractivity contribution in [1.82, 2.24) is 0 Å². The van der Waals surface area contributed by atoms with Crippen molar-refractivity contribution in [3.05, 3.63) is 71.6 Å². The quantitative estimate of drug-likeness (QED) is 0.159. The van der Waals surface area contributed by atoms with Gasteiger partial charge in [0.2, 0.25) is 0 Å². The summed E-state index contributed by atoms with van der Waals surface area (Å²) in [5, 5.41) is 0. The number of fused-ring (bicyclic) bond motifs is 6. The first-order valence-electron chi connectivity index (χ1n) is 20.4. The minimum Gasteiger partial charge on any atom is -0.458 e. The molecule has 6 fully saturated rings. The zero-order valence-corrected chi connectivity index (χ0v) is 34.5. The van der Waals surface area contributed by atoms with Crippen molar-refractivity contribution in [2.24, 2.45) is 45.3 Å². The molecule has 2 saturated heterocycles. The zero-order chi connectivity index (χ0) is 39.2. The predicted molar refractivity (Wildman–Crippen MR) is 214 cm³/mol. The van der Waals surface area contributed by atoms with Gasteiger partial charge >= 0.3 is 11.9 Å². The average molecular weight is 761 g/mol. The summed E-state index contributed by atoms with van der Waals surface area (Å²) in [7, 11) is 0. The summed E-state index contributed by atoms with van der Waals surface area (Å²) in [6.07, 6.45) is 17.2. The fraction of sp³-hybridized carbons (Fsp3) is 0.702. The molecule has 0 radical (unpaired) electrons. The first kappa shape index (κ1) is 41.2. The van der Waals surface area contributed by atoms with Gasteiger partial charge < -0.3 is 28.4 Å². The second kappa shape index (κ2) is 13.9. The number of carbonyl (C=O) groups is 2. The SMILES string of the molecule is C.C=C1OC(O/C=C2/C(=O)O[C@@]3(C)CC[C@@H]4C(C)(C)CCC[C@@]4(C)[C@H]23)C=C1C.C=C1OC(O/C=C2/C(=O)O[C@]3(C)CC[C@H]4C(C)(C)CCC[C@]4(C)[C@@H]23)C=C1C. The minimum atomic E-state index is -0.514. The van der Waals surface area contributed by atoms with Crippen LogP contribution in [0.25, 0.3) is 0 Å². The Hall–Kier alpha value is -3.42. The van der Waals surface area contributed by atoms with Crippen molar-refractivity contribution >= 4 is 11.9 Å². The summed E-state index contributed by atoms with van der Waals surface area (Å²) < 4.78 is 34.8. The molecular formula is C47H68O8. The molecule has 0 spiro atoms. The summed E-state index contributed by atoms with van der Waals surface area (Å²) in [5.74, 6) is 2.07. The minimum absolute atomic E-state index is 0. The van der Waals surface area contributed by atoms with Crippen LogP contribution in [0, 0.1) is 45.3 Å². The Morgan fingerprint density at radius 3 is 1.31 bits per heavy atom. The van der Waals surface area contributed by atoms with E-state index in [1.54, 1.807) is 12.5 Å². The van der Waals surface area contributed by atoms with E-state index in [2.05, 4.69) is 68.5 Å². The number of esters is 2. The summed E-state index contributed by atoms with van der Waals surface area (Å²) in [6.45, 7) is 30.1. The average Bonchev–Trinajstić information content (AvgIpc) is 3.73. The zero-order valence-electron chi connectivity index (χ0n) is 34.5. The lowest BCUT2D eigenvalue weighted by molar-refractivity contribution is -0.165. The van der Waals surface area contributed by atoms with Crippen LogP contribution in [0.3, 0.4) is 0 Å². The maximum Gasteiger partial charge on any atom is 0.338 e. The highest BCUT2D eigenvalue weighted by Crippen LogP contribution is 2.67. The van der Waals surface area contributed by atoms with E-state index in [4.69, 9.17) is 28.4 Å². The molecule has 2 unspecified atom stereocenters. The molecule has 8 rings (SSSR count). The normalized spacial score (nSPS) is 43.5. The van der Waals surface area contributed by atoms with E-state index in [0.717, 1.165) is 49.7 Å². The molecule has 4 aliphatic carbocycles. The molecule has 0 N–H and O–H groups in total. The molecule has 10 atom stereocenters. The molecule has 4 heterocycles. The molecular weight excluding hydrogens is 693 g/mol. The molecule has 0 aromatic rings. The Morgan fingerprint density at radius 2 is 0.982 bits per heavy atom. The van der Waals surface area contributed by atoms with Crippen LogP contribution < -0.4 is 0 Å². The molecule has 0 bridgehead atoms. The first-order chi connectivity index (χ1) is 25.1. The van der Waals surface area contributed by atoms with Crippen molar-refractivity contribution in [2.45, 2.75) is 165 Å². The van der Waals surface area contributed by atoms with Crippen LogP contribution in [0.4, 0.5) is 0 Å². The highest BCUT2D eigenvalue weighted by atomic mass is 16.7. The van der Waals surface area contributed by atoms with Gasteiger partial charge in [0.05, 0.1) is 23.7 Å². The molecule has 0 aromatic carbocycles. The van der Waals surface area contributed by atoms with Gasteiger partial charge in [0.25, 0.3) is 12.6 Å². The molecule has 55 heavy (non-hydrogen) atoms. The topological polar surface area (TPSA) is 89.5 Å². The fourth-order valence-corrected chi connectivity index (χ4v) is 13.2. The van der Waals surface area contributed by atoms with Crippen LogP contribution in [-0.2, 0) is 38.0 Å². The Kier molecular flexibility index (Phi) is 10.4. The van der Waals surface area contributed by atoms with E-state index in [-0.39, 0.29) is 52.9 Å². The Labute approximate surface area is 330 Å². The van der Waals surface area contributed by atoms with Gasteiger partial charge in [0.1, 0.15) is 22.7 Å². The standard InChI is InChI=1S/2C23H32O4.CH4/c2*1-14-12-18(26-15(14)2)25-13-16-19-22(5)10-7-9-21(3,4)17(22)8-11-23(19,6)27-20(16)24;/h2*12-13,17-19H,2,7-11H2,1,3-6H3;1H4/b2*16-13+;/t2*17-,18?,19+,22-,23+;/m10./s1. The van der Waals surface area contributed by atoms with Gasteiger partial charge in [-0.05, 0) is 124 Å². The lowest BCUT2D eigenvalue weighted by Gasteiger charge is -2.59. The van der Waals surface area contributed by atoms with Crippen LogP contribution in [-0.4, -0.2) is 35.7 Å². The largest absolute Gasteiger partial charge is 0.458 e. The van der Waals surface area contributed by atoms with Gasteiger partial charge in [-0.25, -0.2) is 9.59 Å². The summed E-state index contributed by atoms with van der Waals surface area (Å²) in [5.41, 5.74) is 3.09. The lowest BCUT2D eigenvalue weighted by atomic mass is 9.45. The van der Waals surface area contributed by atoms with Crippen LogP contribution in [0.1, 0.15) is 141 Å². The third-order valence-corrected chi connectivity index (χ3v) is 15.5. The molecule has 8 nitrogen and oxygen atoms in total. The number of rotatable bonds is 4. The second-order valence-corrected chi connectivity index (χ2v) is 20.1. The predicted octanol–water partition coefficient (Wildman–Crippen LogP) is 11.2. The highest BCUT2D eigenvalue weighted by Gasteiger charge is 2.66. The van der Waals surface area contributed by atoms with Crippen LogP contribution >= 0.6 is 0 Å². The Balaban J connectivity index is 0.000000184. The molecule has 8 aliphatic rings. The number of ether oxygens (including phenoxy) is 6. The third-order valence-electron chi connectivity index (χ3n) is 15.5. The molecule has 4 aliphatic heterocycles. The summed E-state index contributed by atoms with van der Waals surface area (Å²) >= 11 is 0. The number of carbonyl (C=O) groups excluding carboxylic acids is 2. The van der Waals surface area contributed by atoms with E-state index >= 15 is 0 Å². The van der Waals surface area contributed by atoms with Crippen molar-refractivity contribution in [2.75, 3.05) is 0 Å². The van der Waals surface area contributed by atoms with Gasteiger partial charge in [-0.3, -0.25) is 0 Å². The van der Waals surface area contributed by atoms with Gasteiger partial charge in [-0.15, -0.1) is 0 Å². The van der Waals surface area contributed by atoms with Crippen molar-refractivity contribution in [3.63, 3.8) is 0 Å². The molecule has 4 saturated carbocycles. The smallest absolute Gasteiger partial charge is 0.338 e. The van der Waals surface area contributed by atoms with Gasteiger partial charge in [0, 0.05) is 24.0 Å². The second-order valence-electron chi connectivity index (χ2n) is 20.1. The van der Waals surface area contributed by atoms with E-state index in [9.17, 15) is 9.59 Å². The van der Waals surface area contributed by atoms with Crippen LogP contribution in [0.15, 0.2) is 71.6 Å². The van der Waals surface area contributed by atoms with Gasteiger partial charge in [-0.2, -0.15) is 0 Å². The monoisotopic (exact) mass is 760 g/mol. The number of hydrogen-bond acceptors (Lipinski definition) is 8. The van der Waals surface area contributed by atoms with Crippen LogP contribution in [0.2, 0.25) is 0 Å². The van der Waals surface area contributed by atoms with E-state index in [0.29, 0.717) is 34.5 Å². The maximum absolute atomic E-state index is 12.8. The Morgan fingerprint density at radius 1 is 0.618 bits per heavy atom. The van der Waals surface area contributed by atoms with Crippen molar-refractivity contribution in [1.29, 1.82) is 0 Å². The van der Waals surface area contributed by atoms with Gasteiger partial charge in [0.15, 0.2) is 0 Å². The molecule has 0 amide bonds. The maximum atomic E-state index is 12.8. The van der Waals surface area contributed by atoms with Crippen molar-refractivity contribution < 1.29 is 38.0 Å². The van der Waals surface area contributed by atoms with E-state index in [1.165, 1.54) is 25.7 Å².